The Labute approximate surface area is 179 Å². The van der Waals surface area contributed by atoms with Crippen molar-refractivity contribution < 1.29 is 5.11 Å². The lowest BCUT2D eigenvalue weighted by Gasteiger charge is -2.26. The van der Waals surface area contributed by atoms with Gasteiger partial charge in [0, 0.05) is 25.0 Å². The Bertz CT molecular complexity index is 1200. The Kier molecular flexibility index (Phi) is 4.37. The van der Waals surface area contributed by atoms with E-state index in [-0.39, 0.29) is 12.6 Å². The number of aliphatic hydroxyl groups is 1. The standard InChI is InChI=1S/C21H25N9O/c31-12-16-6-2-8-29(16)21-25-20(17-7-3-9-30(17)26-21)24-18-10-28(13-22-18)19-11-27(14-23-19)15-4-1-5-15/h3,7,9-11,13-16,31H,1-2,4-6,8,12H2,(H,24,25,26). The van der Waals surface area contributed by atoms with E-state index in [0.717, 1.165) is 30.7 Å². The number of hydrogen-bond acceptors (Lipinski definition) is 7. The maximum absolute atomic E-state index is 9.70. The summed E-state index contributed by atoms with van der Waals surface area (Å²) in [7, 11) is 0. The van der Waals surface area contributed by atoms with E-state index in [2.05, 4.69) is 36.0 Å². The fourth-order valence-corrected chi connectivity index (χ4v) is 4.40. The van der Waals surface area contributed by atoms with Crippen molar-refractivity contribution >= 4 is 23.1 Å². The highest BCUT2D eigenvalue weighted by molar-refractivity contribution is 5.73. The minimum absolute atomic E-state index is 0.0610. The van der Waals surface area contributed by atoms with Crippen molar-refractivity contribution in [3.05, 3.63) is 43.4 Å². The Balaban J connectivity index is 1.28. The molecule has 10 heteroatoms. The molecule has 31 heavy (non-hydrogen) atoms. The van der Waals surface area contributed by atoms with E-state index < -0.39 is 0 Å². The van der Waals surface area contributed by atoms with E-state index in [4.69, 9.17) is 4.98 Å². The fraction of sp³-hybridized carbons (Fsp3) is 0.429. The van der Waals surface area contributed by atoms with Gasteiger partial charge in [-0.25, -0.2) is 14.5 Å². The highest BCUT2D eigenvalue weighted by atomic mass is 16.3. The molecule has 2 N–H and O–H groups in total. The van der Waals surface area contributed by atoms with Crippen molar-refractivity contribution in [2.75, 3.05) is 23.4 Å². The van der Waals surface area contributed by atoms with Crippen LogP contribution in [0.2, 0.25) is 0 Å². The summed E-state index contributed by atoms with van der Waals surface area (Å²) in [6.45, 7) is 0.948. The minimum Gasteiger partial charge on any atom is -0.394 e. The normalized spacial score (nSPS) is 19.3. The Morgan fingerprint density at radius 3 is 2.87 bits per heavy atom. The van der Waals surface area contributed by atoms with Crippen molar-refractivity contribution in [3.63, 3.8) is 0 Å². The van der Waals surface area contributed by atoms with Crippen LogP contribution < -0.4 is 10.2 Å². The number of fused-ring (bicyclic) bond motifs is 1. The minimum atomic E-state index is 0.0610. The van der Waals surface area contributed by atoms with E-state index >= 15 is 0 Å². The van der Waals surface area contributed by atoms with Crippen molar-refractivity contribution in [1.82, 2.24) is 33.7 Å². The van der Waals surface area contributed by atoms with E-state index in [9.17, 15) is 5.11 Å². The molecule has 2 aliphatic rings. The number of anilines is 3. The Morgan fingerprint density at radius 2 is 2.03 bits per heavy atom. The van der Waals surface area contributed by atoms with Gasteiger partial charge in [0.1, 0.15) is 17.7 Å². The molecule has 6 rings (SSSR count). The van der Waals surface area contributed by atoms with Gasteiger partial charge < -0.3 is 19.9 Å². The summed E-state index contributed by atoms with van der Waals surface area (Å²) in [5, 5.41) is 17.7. The third kappa shape index (κ3) is 3.23. The molecule has 160 valence electrons. The summed E-state index contributed by atoms with van der Waals surface area (Å²) >= 11 is 0. The number of aromatic nitrogens is 7. The van der Waals surface area contributed by atoms with Crippen LogP contribution in [0.25, 0.3) is 11.3 Å². The maximum Gasteiger partial charge on any atom is 0.245 e. The zero-order valence-corrected chi connectivity index (χ0v) is 17.2. The van der Waals surface area contributed by atoms with Gasteiger partial charge in [0.05, 0.1) is 25.2 Å². The average Bonchev–Trinajstić information content (AvgIpc) is 3.51. The zero-order valence-electron chi connectivity index (χ0n) is 17.2. The first-order chi connectivity index (χ1) is 15.3. The molecule has 4 aromatic heterocycles. The molecule has 1 aliphatic heterocycles. The van der Waals surface area contributed by atoms with Gasteiger partial charge in [0.25, 0.3) is 0 Å². The molecule has 0 radical (unpaired) electrons. The second kappa shape index (κ2) is 7.38. The third-order valence-corrected chi connectivity index (χ3v) is 6.40. The van der Waals surface area contributed by atoms with E-state index in [1.807, 2.05) is 39.9 Å². The molecular weight excluding hydrogens is 394 g/mol. The number of aliphatic hydroxyl groups excluding tert-OH is 1. The molecule has 1 saturated heterocycles. The van der Waals surface area contributed by atoms with Crippen LogP contribution in [0.4, 0.5) is 17.6 Å². The molecule has 5 heterocycles. The molecular formula is C21H25N9O. The van der Waals surface area contributed by atoms with Crippen LogP contribution in [-0.4, -0.2) is 58.0 Å². The molecule has 1 unspecified atom stereocenters. The number of hydrogen-bond donors (Lipinski definition) is 2. The van der Waals surface area contributed by atoms with Crippen molar-refractivity contribution in [1.29, 1.82) is 0 Å². The van der Waals surface area contributed by atoms with Crippen molar-refractivity contribution in [2.45, 2.75) is 44.2 Å². The van der Waals surface area contributed by atoms with Gasteiger partial charge >= 0.3 is 0 Å². The molecule has 1 saturated carbocycles. The lowest BCUT2D eigenvalue weighted by atomic mass is 9.93. The first-order valence-electron chi connectivity index (χ1n) is 10.9. The van der Waals surface area contributed by atoms with Crippen LogP contribution in [0, 0.1) is 0 Å². The molecule has 0 spiro atoms. The molecule has 10 nitrogen and oxygen atoms in total. The summed E-state index contributed by atoms with van der Waals surface area (Å²) in [4.78, 5) is 15.9. The summed E-state index contributed by atoms with van der Waals surface area (Å²) < 4.78 is 5.92. The lowest BCUT2D eigenvalue weighted by Crippen LogP contribution is -2.34. The van der Waals surface area contributed by atoms with Gasteiger partial charge in [-0.15, -0.1) is 5.10 Å². The molecule has 1 aliphatic carbocycles. The van der Waals surface area contributed by atoms with Gasteiger partial charge in [-0.05, 0) is 44.2 Å². The highest BCUT2D eigenvalue weighted by Crippen LogP contribution is 2.32. The first kappa shape index (κ1) is 18.4. The van der Waals surface area contributed by atoms with Gasteiger partial charge in [-0.1, -0.05) is 0 Å². The van der Waals surface area contributed by atoms with E-state index in [1.54, 1.807) is 6.33 Å². The molecule has 0 amide bonds. The fourth-order valence-electron chi connectivity index (χ4n) is 4.40. The SMILES string of the molecule is OCC1CCCN1c1nc(Nc2cn(-c3cn(C4CCC4)cn3)cn2)c2cccn2n1. The van der Waals surface area contributed by atoms with Crippen LogP contribution in [0.5, 0.6) is 0 Å². The summed E-state index contributed by atoms with van der Waals surface area (Å²) in [5.74, 6) is 2.84. The first-order valence-corrected chi connectivity index (χ1v) is 10.9. The maximum atomic E-state index is 9.70. The van der Waals surface area contributed by atoms with Crippen LogP contribution in [0.3, 0.4) is 0 Å². The molecule has 0 aromatic carbocycles. The van der Waals surface area contributed by atoms with E-state index in [0.29, 0.717) is 23.6 Å². The van der Waals surface area contributed by atoms with Crippen LogP contribution >= 0.6 is 0 Å². The Morgan fingerprint density at radius 1 is 1.10 bits per heavy atom. The summed E-state index contributed by atoms with van der Waals surface area (Å²) in [6.07, 6.45) is 15.3. The predicted molar refractivity (Wildman–Crippen MR) is 116 cm³/mol. The summed E-state index contributed by atoms with van der Waals surface area (Å²) in [6, 6.07) is 4.55. The quantitative estimate of drug-likeness (QED) is 0.495. The largest absolute Gasteiger partial charge is 0.394 e. The third-order valence-electron chi connectivity index (χ3n) is 6.40. The molecule has 4 aromatic rings. The van der Waals surface area contributed by atoms with Crippen molar-refractivity contribution in [2.24, 2.45) is 0 Å². The number of rotatable bonds is 6. The van der Waals surface area contributed by atoms with Gasteiger partial charge in [0.15, 0.2) is 11.6 Å². The van der Waals surface area contributed by atoms with Crippen LogP contribution in [0.1, 0.15) is 38.1 Å². The summed E-state index contributed by atoms with van der Waals surface area (Å²) in [5.41, 5.74) is 0.868. The number of imidazole rings is 2. The van der Waals surface area contributed by atoms with Gasteiger partial charge in [-0.2, -0.15) is 4.98 Å². The van der Waals surface area contributed by atoms with Crippen LogP contribution in [-0.2, 0) is 0 Å². The monoisotopic (exact) mass is 419 g/mol. The highest BCUT2D eigenvalue weighted by Gasteiger charge is 2.27. The topological polar surface area (TPSA) is 101 Å². The predicted octanol–water partition coefficient (Wildman–Crippen LogP) is 2.54. The molecule has 0 bridgehead atoms. The number of nitrogens with zero attached hydrogens (tertiary/aromatic N) is 8. The van der Waals surface area contributed by atoms with Crippen LogP contribution in [0.15, 0.2) is 43.4 Å². The second-order valence-electron chi connectivity index (χ2n) is 8.33. The van der Waals surface area contributed by atoms with Crippen molar-refractivity contribution in [3.8, 4) is 5.82 Å². The average molecular weight is 419 g/mol. The van der Waals surface area contributed by atoms with E-state index in [1.165, 1.54) is 19.3 Å². The van der Waals surface area contributed by atoms with Gasteiger partial charge in [0.2, 0.25) is 5.95 Å². The lowest BCUT2D eigenvalue weighted by molar-refractivity contribution is 0.265. The molecule has 1 atom stereocenters. The number of nitrogens with one attached hydrogen (secondary N) is 1. The second-order valence-corrected chi connectivity index (χ2v) is 8.33. The smallest absolute Gasteiger partial charge is 0.245 e. The molecule has 2 fully saturated rings. The Hall–Kier alpha value is -3.40. The zero-order chi connectivity index (χ0) is 20.8. The van der Waals surface area contributed by atoms with Gasteiger partial charge in [-0.3, -0.25) is 4.57 Å².